The Morgan fingerprint density at radius 3 is 2.94 bits per heavy atom. The molecule has 1 amide bonds. The number of likely N-dealkylation sites (tertiary alicyclic amines) is 1. The second-order valence-electron chi connectivity index (χ2n) is 4.93. The van der Waals surface area contributed by atoms with E-state index >= 15 is 0 Å². The number of nitrogens with zero attached hydrogens (tertiary/aromatic N) is 2. The molecule has 100 valence electrons. The number of amides is 1. The van der Waals surface area contributed by atoms with Gasteiger partial charge in [-0.25, -0.2) is 0 Å². The van der Waals surface area contributed by atoms with Gasteiger partial charge in [-0.1, -0.05) is 13.8 Å². The number of hydrogen-bond acceptors (Lipinski definition) is 3. The molecule has 1 aliphatic heterocycles. The van der Waals surface area contributed by atoms with Crippen LogP contribution < -0.4 is 0 Å². The zero-order valence-electron chi connectivity index (χ0n) is 10.6. The molecule has 2 heterocycles. The highest BCUT2D eigenvalue weighted by atomic mass is 79.9. The number of aliphatic hydroxyl groups is 1. The summed E-state index contributed by atoms with van der Waals surface area (Å²) < 4.78 is 0.742. The molecule has 1 fully saturated rings. The molecule has 1 aliphatic rings. The molecule has 0 unspecified atom stereocenters. The lowest BCUT2D eigenvalue weighted by Gasteiger charge is -2.22. The van der Waals surface area contributed by atoms with Crippen LogP contribution in [0.4, 0.5) is 0 Å². The summed E-state index contributed by atoms with van der Waals surface area (Å²) in [6.07, 6.45) is 1.80. The maximum Gasteiger partial charge on any atom is 0.275 e. The molecular formula is C12H18BrN3O2. The van der Waals surface area contributed by atoms with Crippen LogP contribution >= 0.6 is 15.9 Å². The van der Waals surface area contributed by atoms with Crippen molar-refractivity contribution in [3.8, 4) is 0 Å². The van der Waals surface area contributed by atoms with E-state index in [0.29, 0.717) is 12.2 Å². The van der Waals surface area contributed by atoms with Gasteiger partial charge in [-0.2, -0.15) is 5.10 Å². The van der Waals surface area contributed by atoms with Gasteiger partial charge in [-0.05, 0) is 34.7 Å². The minimum atomic E-state index is -0.110. The van der Waals surface area contributed by atoms with Gasteiger partial charge in [-0.15, -0.1) is 0 Å². The van der Waals surface area contributed by atoms with Crippen molar-refractivity contribution in [2.24, 2.45) is 0 Å². The van der Waals surface area contributed by atoms with E-state index in [1.54, 1.807) is 4.90 Å². The smallest absolute Gasteiger partial charge is 0.275 e. The predicted molar refractivity (Wildman–Crippen MR) is 71.5 cm³/mol. The van der Waals surface area contributed by atoms with E-state index in [9.17, 15) is 9.90 Å². The zero-order valence-corrected chi connectivity index (χ0v) is 12.2. The third-order valence-corrected chi connectivity index (χ3v) is 4.16. The number of rotatable bonds is 3. The lowest BCUT2D eigenvalue weighted by atomic mass is 10.1. The number of nitrogens with one attached hydrogen (secondary N) is 1. The van der Waals surface area contributed by atoms with Gasteiger partial charge in [0.2, 0.25) is 0 Å². The minimum absolute atomic E-state index is 0.0187. The molecule has 0 aromatic carbocycles. The monoisotopic (exact) mass is 315 g/mol. The van der Waals surface area contributed by atoms with Crippen LogP contribution in [0.25, 0.3) is 0 Å². The second kappa shape index (κ2) is 5.40. The van der Waals surface area contributed by atoms with E-state index in [-0.39, 0.29) is 24.5 Å². The maximum atomic E-state index is 12.4. The summed E-state index contributed by atoms with van der Waals surface area (Å²) in [4.78, 5) is 14.1. The van der Waals surface area contributed by atoms with Crippen LogP contribution in [-0.4, -0.2) is 45.3 Å². The first-order valence-electron chi connectivity index (χ1n) is 6.21. The van der Waals surface area contributed by atoms with Crippen molar-refractivity contribution in [3.63, 3.8) is 0 Å². The molecule has 6 heteroatoms. The van der Waals surface area contributed by atoms with Crippen molar-refractivity contribution in [2.45, 2.75) is 38.6 Å². The summed E-state index contributed by atoms with van der Waals surface area (Å²) in [7, 11) is 0. The van der Waals surface area contributed by atoms with Crippen LogP contribution in [0.5, 0.6) is 0 Å². The van der Waals surface area contributed by atoms with Gasteiger partial charge in [-0.3, -0.25) is 9.89 Å². The molecule has 18 heavy (non-hydrogen) atoms. The van der Waals surface area contributed by atoms with Gasteiger partial charge in [0, 0.05) is 6.54 Å². The summed E-state index contributed by atoms with van der Waals surface area (Å²) in [6, 6.07) is -0.0661. The largest absolute Gasteiger partial charge is 0.394 e. The first-order valence-corrected chi connectivity index (χ1v) is 7.01. The summed E-state index contributed by atoms with van der Waals surface area (Å²) in [6.45, 7) is 4.79. The summed E-state index contributed by atoms with van der Waals surface area (Å²) in [5.74, 6) is 0.169. The molecule has 1 saturated heterocycles. The Morgan fingerprint density at radius 1 is 1.67 bits per heavy atom. The standard InChI is InChI=1S/C12H18BrN3O2/c1-7(2)10-9(13)11(15-14-10)12(18)16-5-3-4-8(16)6-17/h7-8,17H,3-6H2,1-2H3,(H,14,15)/t8-/m1/s1. The third kappa shape index (κ3) is 2.31. The number of hydrogen-bond donors (Lipinski definition) is 2. The van der Waals surface area contributed by atoms with Crippen molar-refractivity contribution in [3.05, 3.63) is 15.9 Å². The quantitative estimate of drug-likeness (QED) is 0.895. The number of halogens is 1. The molecule has 2 rings (SSSR count). The normalized spacial score (nSPS) is 19.8. The molecule has 0 bridgehead atoms. The Hall–Kier alpha value is -0.880. The van der Waals surface area contributed by atoms with Crippen molar-refractivity contribution >= 4 is 21.8 Å². The van der Waals surface area contributed by atoms with E-state index < -0.39 is 0 Å². The first-order chi connectivity index (χ1) is 8.56. The molecule has 1 atom stereocenters. The average molecular weight is 316 g/mol. The van der Waals surface area contributed by atoms with E-state index in [1.165, 1.54) is 0 Å². The second-order valence-corrected chi connectivity index (χ2v) is 5.72. The Bertz CT molecular complexity index is 445. The Balaban J connectivity index is 2.24. The molecule has 1 aromatic rings. The molecule has 0 radical (unpaired) electrons. The number of H-pyrrole nitrogens is 1. The van der Waals surface area contributed by atoms with Crippen LogP contribution in [-0.2, 0) is 0 Å². The highest BCUT2D eigenvalue weighted by Crippen LogP contribution is 2.28. The van der Waals surface area contributed by atoms with E-state index in [2.05, 4.69) is 26.1 Å². The molecule has 0 spiro atoms. The highest BCUT2D eigenvalue weighted by Gasteiger charge is 2.32. The Labute approximate surface area is 115 Å². The lowest BCUT2D eigenvalue weighted by molar-refractivity contribution is 0.0671. The number of carbonyl (C=O) groups excluding carboxylic acids is 1. The summed E-state index contributed by atoms with van der Waals surface area (Å²) in [5, 5.41) is 16.3. The fourth-order valence-electron chi connectivity index (χ4n) is 2.30. The molecule has 0 aliphatic carbocycles. The van der Waals surface area contributed by atoms with Crippen molar-refractivity contribution < 1.29 is 9.90 Å². The van der Waals surface area contributed by atoms with Crippen LogP contribution in [0.2, 0.25) is 0 Å². The number of carbonyl (C=O) groups is 1. The van der Waals surface area contributed by atoms with Gasteiger partial charge >= 0.3 is 0 Å². The van der Waals surface area contributed by atoms with Crippen LogP contribution in [0, 0.1) is 0 Å². The van der Waals surface area contributed by atoms with Gasteiger partial charge < -0.3 is 10.0 Å². The third-order valence-electron chi connectivity index (χ3n) is 3.36. The van der Waals surface area contributed by atoms with Gasteiger partial charge in [0.25, 0.3) is 5.91 Å². The molecule has 0 saturated carbocycles. The molecular weight excluding hydrogens is 298 g/mol. The Kier molecular flexibility index (Phi) is 4.07. The minimum Gasteiger partial charge on any atom is -0.394 e. The van der Waals surface area contributed by atoms with Crippen molar-refractivity contribution in [1.29, 1.82) is 0 Å². The fourth-order valence-corrected chi connectivity index (χ4v) is 3.10. The lowest BCUT2D eigenvalue weighted by Crippen LogP contribution is -2.38. The van der Waals surface area contributed by atoms with Crippen molar-refractivity contribution in [1.82, 2.24) is 15.1 Å². The van der Waals surface area contributed by atoms with E-state index in [0.717, 1.165) is 23.0 Å². The fraction of sp³-hybridized carbons (Fsp3) is 0.667. The summed E-state index contributed by atoms with van der Waals surface area (Å²) in [5.41, 5.74) is 1.34. The van der Waals surface area contributed by atoms with Crippen LogP contribution in [0.3, 0.4) is 0 Å². The van der Waals surface area contributed by atoms with Crippen LogP contribution in [0.1, 0.15) is 48.8 Å². The Morgan fingerprint density at radius 2 is 2.39 bits per heavy atom. The van der Waals surface area contributed by atoms with Crippen molar-refractivity contribution in [2.75, 3.05) is 13.2 Å². The van der Waals surface area contributed by atoms with E-state index in [1.807, 2.05) is 13.8 Å². The van der Waals surface area contributed by atoms with Gasteiger partial charge in [0.05, 0.1) is 22.8 Å². The molecule has 1 aromatic heterocycles. The van der Waals surface area contributed by atoms with Crippen LogP contribution in [0.15, 0.2) is 4.47 Å². The first kappa shape index (κ1) is 13.5. The molecule has 5 nitrogen and oxygen atoms in total. The average Bonchev–Trinajstić information content (AvgIpc) is 2.93. The molecule has 2 N–H and O–H groups in total. The number of aromatic amines is 1. The zero-order chi connectivity index (χ0) is 13.3. The highest BCUT2D eigenvalue weighted by molar-refractivity contribution is 9.10. The predicted octanol–water partition coefficient (Wildman–Crippen LogP) is 1.89. The SMILES string of the molecule is CC(C)c1[nH]nc(C(=O)N2CCC[C@@H]2CO)c1Br. The topological polar surface area (TPSA) is 69.2 Å². The van der Waals surface area contributed by atoms with Gasteiger partial charge in [0.15, 0.2) is 5.69 Å². The number of aliphatic hydroxyl groups excluding tert-OH is 1. The number of aromatic nitrogens is 2. The van der Waals surface area contributed by atoms with Gasteiger partial charge in [0.1, 0.15) is 0 Å². The van der Waals surface area contributed by atoms with E-state index in [4.69, 9.17) is 0 Å². The maximum absolute atomic E-state index is 12.4. The summed E-state index contributed by atoms with van der Waals surface area (Å²) >= 11 is 3.44.